The summed E-state index contributed by atoms with van der Waals surface area (Å²) in [7, 11) is 1.41. The lowest BCUT2D eigenvalue weighted by Gasteiger charge is -2.02. The number of aliphatic imine (C=N–C) groups is 1. The van der Waals surface area contributed by atoms with Gasteiger partial charge in [-0.25, -0.2) is 4.79 Å². The van der Waals surface area contributed by atoms with E-state index in [1.807, 2.05) is 0 Å². The highest BCUT2D eigenvalue weighted by molar-refractivity contribution is 6.33. The van der Waals surface area contributed by atoms with Crippen LogP contribution in [0, 0.1) is 6.92 Å². The van der Waals surface area contributed by atoms with Crippen LogP contribution in [0.25, 0.3) is 0 Å². The van der Waals surface area contributed by atoms with Gasteiger partial charge in [0.15, 0.2) is 5.82 Å². The number of methoxy groups -OCH3 is 1. The van der Waals surface area contributed by atoms with Gasteiger partial charge in [0.25, 0.3) is 0 Å². The Morgan fingerprint density at radius 3 is 2.77 bits per heavy atom. The minimum Gasteiger partial charge on any atom is -0.467 e. The van der Waals surface area contributed by atoms with Crippen LogP contribution in [0.1, 0.15) is 5.69 Å². The number of aromatic nitrogens is 2. The summed E-state index contributed by atoms with van der Waals surface area (Å²) in [4.78, 5) is 20.9. The normalized spacial score (nSPS) is 9.15. The van der Waals surface area contributed by atoms with E-state index in [0.29, 0.717) is 5.69 Å². The molecule has 5 nitrogen and oxygen atoms in total. The molecule has 0 aliphatic carbocycles. The summed E-state index contributed by atoms with van der Waals surface area (Å²) in [5.41, 5.74) is 0.502. The van der Waals surface area contributed by atoms with Crippen molar-refractivity contribution < 1.29 is 9.53 Å². The number of hydrogen-bond acceptors (Lipinski definition) is 5. The van der Waals surface area contributed by atoms with Crippen LogP contribution in [-0.2, 0) is 4.79 Å². The third kappa shape index (κ3) is 2.02. The van der Waals surface area contributed by atoms with E-state index in [-0.39, 0.29) is 16.9 Å². The second kappa shape index (κ2) is 3.98. The van der Waals surface area contributed by atoms with E-state index in [1.165, 1.54) is 13.2 Å². The summed E-state index contributed by atoms with van der Waals surface area (Å²) in [6.07, 6.45) is 1.35. The molecule has 0 radical (unpaired) electrons. The van der Waals surface area contributed by atoms with Crippen LogP contribution in [0.5, 0.6) is 6.01 Å². The lowest BCUT2D eigenvalue weighted by molar-refractivity contribution is 0.379. The molecule has 0 bridgehead atoms. The second-order valence-electron chi connectivity index (χ2n) is 2.14. The average Bonchev–Trinajstić information content (AvgIpc) is 2.13. The third-order valence-electron chi connectivity index (χ3n) is 1.31. The molecule has 0 saturated heterocycles. The molecule has 0 unspecified atom stereocenters. The Kier molecular flexibility index (Phi) is 2.95. The minimum absolute atomic E-state index is 0.0704. The van der Waals surface area contributed by atoms with Gasteiger partial charge < -0.3 is 4.74 Å². The van der Waals surface area contributed by atoms with Crippen LogP contribution in [-0.4, -0.2) is 23.2 Å². The molecule has 1 heterocycles. The molecule has 0 aliphatic heterocycles. The largest absolute Gasteiger partial charge is 0.467 e. The molecule has 0 aliphatic rings. The lowest BCUT2D eigenvalue weighted by Crippen LogP contribution is -1.94. The number of hydrogen-bond donors (Lipinski definition) is 0. The summed E-state index contributed by atoms with van der Waals surface area (Å²) < 4.78 is 4.77. The summed E-state index contributed by atoms with van der Waals surface area (Å²) >= 11 is 5.75. The number of carbonyl (C=O) groups excluding carboxylic acids is 1. The smallest absolute Gasteiger partial charge is 0.318 e. The zero-order valence-corrected chi connectivity index (χ0v) is 7.79. The van der Waals surface area contributed by atoms with E-state index in [0.717, 1.165) is 0 Å². The average molecular weight is 200 g/mol. The predicted octanol–water partition coefficient (Wildman–Crippen LogP) is 1.41. The van der Waals surface area contributed by atoms with Crippen molar-refractivity contribution in [3.05, 3.63) is 10.7 Å². The third-order valence-corrected chi connectivity index (χ3v) is 1.76. The second-order valence-corrected chi connectivity index (χ2v) is 2.51. The maximum Gasteiger partial charge on any atom is 0.318 e. The molecule has 0 fully saturated rings. The fourth-order valence-corrected chi connectivity index (χ4v) is 0.854. The first-order valence-corrected chi connectivity index (χ1v) is 3.73. The number of nitrogens with zero attached hydrogens (tertiary/aromatic N) is 3. The molecular formula is C7H6ClN3O2. The highest BCUT2D eigenvalue weighted by atomic mass is 35.5. The zero-order valence-electron chi connectivity index (χ0n) is 7.04. The van der Waals surface area contributed by atoms with Gasteiger partial charge in [0.05, 0.1) is 12.8 Å². The zero-order chi connectivity index (χ0) is 9.84. The Hall–Kier alpha value is -1.45. The Balaban J connectivity index is 3.32. The SMILES string of the molecule is COc1nc(C)c(Cl)c(N=C=O)n1. The number of aryl methyl sites for hydroxylation is 1. The summed E-state index contributed by atoms with van der Waals surface area (Å²) in [6.45, 7) is 1.66. The van der Waals surface area contributed by atoms with Gasteiger partial charge in [-0.2, -0.15) is 9.97 Å². The van der Waals surface area contributed by atoms with Crippen LogP contribution < -0.4 is 4.74 Å². The van der Waals surface area contributed by atoms with Crippen LogP contribution in [0.4, 0.5) is 5.82 Å². The summed E-state index contributed by atoms with van der Waals surface area (Å²) in [5, 5.41) is 0.226. The van der Waals surface area contributed by atoms with Crippen molar-refractivity contribution in [2.45, 2.75) is 6.92 Å². The highest BCUT2D eigenvalue weighted by Gasteiger charge is 2.08. The number of ether oxygens (including phenoxy) is 1. The standard InChI is InChI=1S/C7H6ClN3O2/c1-4-5(8)6(9-3-12)11-7(10-4)13-2/h1-2H3. The number of rotatable bonds is 2. The van der Waals surface area contributed by atoms with Gasteiger partial charge in [-0.1, -0.05) is 11.6 Å². The van der Waals surface area contributed by atoms with Gasteiger partial charge >= 0.3 is 6.01 Å². The topological polar surface area (TPSA) is 64.4 Å². The van der Waals surface area contributed by atoms with Gasteiger partial charge in [-0.15, -0.1) is 4.99 Å². The van der Waals surface area contributed by atoms with E-state index in [9.17, 15) is 4.79 Å². The molecule has 0 atom stereocenters. The molecule has 0 saturated carbocycles. The summed E-state index contributed by atoms with van der Waals surface area (Å²) in [6, 6.07) is 0.121. The van der Waals surface area contributed by atoms with Crippen LogP contribution in [0.15, 0.2) is 4.99 Å². The van der Waals surface area contributed by atoms with Crippen molar-refractivity contribution in [1.82, 2.24) is 9.97 Å². The molecule has 6 heteroatoms. The Bertz CT molecular complexity index is 374. The van der Waals surface area contributed by atoms with Gasteiger partial charge in [-0.05, 0) is 6.92 Å². The maximum atomic E-state index is 9.99. The van der Waals surface area contributed by atoms with E-state index in [1.54, 1.807) is 6.92 Å². The quantitative estimate of drug-likeness (QED) is 0.534. The van der Waals surface area contributed by atoms with Crippen LogP contribution >= 0.6 is 11.6 Å². The van der Waals surface area contributed by atoms with Gasteiger partial charge in [0.1, 0.15) is 5.02 Å². The minimum atomic E-state index is 0.0704. The molecular weight excluding hydrogens is 194 g/mol. The monoisotopic (exact) mass is 199 g/mol. The summed E-state index contributed by atoms with van der Waals surface area (Å²) in [5.74, 6) is 0.0704. The maximum absolute atomic E-state index is 9.99. The van der Waals surface area contributed by atoms with Crippen molar-refractivity contribution in [1.29, 1.82) is 0 Å². The lowest BCUT2D eigenvalue weighted by atomic mass is 10.4. The van der Waals surface area contributed by atoms with Crippen LogP contribution in [0.2, 0.25) is 5.02 Å². The first-order valence-electron chi connectivity index (χ1n) is 3.35. The van der Waals surface area contributed by atoms with Crippen molar-refractivity contribution in [3.63, 3.8) is 0 Å². The predicted molar refractivity (Wildman–Crippen MR) is 46.1 cm³/mol. The molecule has 1 aromatic rings. The van der Waals surface area contributed by atoms with Crippen LogP contribution in [0.3, 0.4) is 0 Å². The van der Waals surface area contributed by atoms with E-state index < -0.39 is 0 Å². The molecule has 1 aromatic heterocycles. The Morgan fingerprint density at radius 1 is 1.54 bits per heavy atom. The fraction of sp³-hybridized carbons (Fsp3) is 0.286. The molecule has 68 valence electrons. The first-order chi connectivity index (χ1) is 6.19. The van der Waals surface area contributed by atoms with Gasteiger partial charge in [0, 0.05) is 0 Å². The molecule has 0 amide bonds. The molecule has 0 spiro atoms. The van der Waals surface area contributed by atoms with Crippen molar-refractivity contribution >= 4 is 23.5 Å². The fourth-order valence-electron chi connectivity index (χ4n) is 0.728. The molecule has 13 heavy (non-hydrogen) atoms. The van der Waals surface area contributed by atoms with E-state index in [2.05, 4.69) is 15.0 Å². The molecule has 0 N–H and O–H groups in total. The highest BCUT2D eigenvalue weighted by Crippen LogP contribution is 2.26. The van der Waals surface area contributed by atoms with Crippen molar-refractivity contribution in [2.75, 3.05) is 7.11 Å². The van der Waals surface area contributed by atoms with Gasteiger partial charge in [-0.3, -0.25) is 0 Å². The van der Waals surface area contributed by atoms with E-state index in [4.69, 9.17) is 16.3 Å². The van der Waals surface area contributed by atoms with Crippen molar-refractivity contribution in [2.24, 2.45) is 4.99 Å². The first kappa shape index (κ1) is 9.64. The molecule has 1 rings (SSSR count). The number of halogens is 1. The van der Waals surface area contributed by atoms with E-state index >= 15 is 0 Å². The number of isocyanates is 1. The van der Waals surface area contributed by atoms with Gasteiger partial charge in [0.2, 0.25) is 6.08 Å². The Morgan fingerprint density at radius 2 is 2.23 bits per heavy atom. The Labute approximate surface area is 79.4 Å². The van der Waals surface area contributed by atoms with Crippen molar-refractivity contribution in [3.8, 4) is 6.01 Å². The molecule has 0 aromatic carbocycles.